The van der Waals surface area contributed by atoms with Crippen LogP contribution in [0.25, 0.3) is 5.57 Å². The fourth-order valence-corrected chi connectivity index (χ4v) is 2.43. The summed E-state index contributed by atoms with van der Waals surface area (Å²) in [7, 11) is 1.59. The molecular formula is C21H24O3. The molecule has 0 N–H and O–H groups in total. The molecule has 0 saturated carbocycles. The summed E-state index contributed by atoms with van der Waals surface area (Å²) in [4.78, 5) is 12.7. The summed E-state index contributed by atoms with van der Waals surface area (Å²) in [5.74, 6) is -0.0390. The van der Waals surface area contributed by atoms with Gasteiger partial charge in [-0.1, -0.05) is 74.5 Å². The van der Waals surface area contributed by atoms with E-state index in [0.29, 0.717) is 12.2 Å². The van der Waals surface area contributed by atoms with E-state index >= 15 is 0 Å². The van der Waals surface area contributed by atoms with Crippen molar-refractivity contribution in [2.45, 2.75) is 13.8 Å². The third kappa shape index (κ3) is 4.80. The fourth-order valence-electron chi connectivity index (χ4n) is 2.43. The number of hydrogen-bond donors (Lipinski definition) is 0. The molecule has 0 aromatic heterocycles. The summed E-state index contributed by atoms with van der Waals surface area (Å²) >= 11 is 0. The first-order chi connectivity index (χ1) is 11.6. The highest BCUT2D eigenvalue weighted by molar-refractivity contribution is 6.02. The van der Waals surface area contributed by atoms with E-state index in [0.717, 1.165) is 16.7 Å². The zero-order chi connectivity index (χ0) is 17.4. The second-order valence-corrected chi connectivity index (χ2v) is 6.01. The van der Waals surface area contributed by atoms with E-state index in [1.807, 2.05) is 74.5 Å². The van der Waals surface area contributed by atoms with Crippen molar-refractivity contribution in [2.24, 2.45) is 5.92 Å². The van der Waals surface area contributed by atoms with Crippen LogP contribution in [-0.4, -0.2) is 26.3 Å². The Bertz CT molecular complexity index is 631. The average molecular weight is 324 g/mol. The maximum atomic E-state index is 12.7. The molecule has 0 spiro atoms. The van der Waals surface area contributed by atoms with Crippen LogP contribution in [-0.2, 0) is 14.3 Å². The molecule has 2 rings (SSSR count). The number of ether oxygens (including phenoxy) is 2. The Labute approximate surface area is 143 Å². The van der Waals surface area contributed by atoms with E-state index in [2.05, 4.69) is 0 Å². The molecule has 0 fully saturated rings. The van der Waals surface area contributed by atoms with Crippen LogP contribution in [0.2, 0.25) is 0 Å². The third-order valence-corrected chi connectivity index (χ3v) is 3.51. The molecule has 0 amide bonds. The molecule has 0 saturated heterocycles. The van der Waals surface area contributed by atoms with Gasteiger partial charge in [-0.25, -0.2) is 4.79 Å². The number of carbonyl (C=O) groups excluding carboxylic acids is 1. The van der Waals surface area contributed by atoms with E-state index in [9.17, 15) is 4.79 Å². The molecule has 24 heavy (non-hydrogen) atoms. The molecule has 3 heteroatoms. The van der Waals surface area contributed by atoms with Gasteiger partial charge in [0.15, 0.2) is 0 Å². The van der Waals surface area contributed by atoms with Crippen LogP contribution < -0.4 is 0 Å². The monoisotopic (exact) mass is 324 g/mol. The highest BCUT2D eigenvalue weighted by Gasteiger charge is 2.20. The third-order valence-electron chi connectivity index (χ3n) is 3.51. The van der Waals surface area contributed by atoms with Crippen molar-refractivity contribution in [3.8, 4) is 0 Å². The van der Waals surface area contributed by atoms with E-state index in [-0.39, 0.29) is 18.5 Å². The van der Waals surface area contributed by atoms with Gasteiger partial charge >= 0.3 is 5.97 Å². The van der Waals surface area contributed by atoms with Crippen molar-refractivity contribution in [2.75, 3.05) is 20.3 Å². The summed E-state index contributed by atoms with van der Waals surface area (Å²) in [5.41, 5.74) is 3.33. The Morgan fingerprint density at radius 1 is 0.917 bits per heavy atom. The maximum absolute atomic E-state index is 12.7. The number of rotatable bonds is 7. The molecular weight excluding hydrogens is 300 g/mol. The van der Waals surface area contributed by atoms with Crippen molar-refractivity contribution in [3.05, 3.63) is 77.4 Å². The van der Waals surface area contributed by atoms with Gasteiger partial charge in [0.2, 0.25) is 0 Å². The number of carbonyl (C=O) groups is 1. The molecule has 126 valence electrons. The van der Waals surface area contributed by atoms with Crippen molar-refractivity contribution in [1.29, 1.82) is 0 Å². The topological polar surface area (TPSA) is 35.5 Å². The Hall–Kier alpha value is -2.39. The molecule has 0 aliphatic rings. The summed E-state index contributed by atoms with van der Waals surface area (Å²) < 4.78 is 10.8. The molecule has 2 aromatic rings. The average Bonchev–Trinajstić information content (AvgIpc) is 2.61. The SMILES string of the molecule is COCC(C(=O)OCC(C)C)=C(c1ccccc1)c1ccccc1. The van der Waals surface area contributed by atoms with Crippen LogP contribution in [0.1, 0.15) is 25.0 Å². The zero-order valence-electron chi connectivity index (χ0n) is 14.5. The molecule has 0 heterocycles. The van der Waals surface area contributed by atoms with E-state index in [1.165, 1.54) is 0 Å². The molecule has 0 atom stereocenters. The van der Waals surface area contributed by atoms with Crippen LogP contribution in [0.3, 0.4) is 0 Å². The highest BCUT2D eigenvalue weighted by Crippen LogP contribution is 2.28. The van der Waals surface area contributed by atoms with Crippen molar-refractivity contribution in [3.63, 3.8) is 0 Å². The zero-order valence-corrected chi connectivity index (χ0v) is 14.5. The van der Waals surface area contributed by atoms with Crippen molar-refractivity contribution in [1.82, 2.24) is 0 Å². The van der Waals surface area contributed by atoms with Crippen LogP contribution in [0.5, 0.6) is 0 Å². The number of esters is 1. The first kappa shape index (κ1) is 18.0. The first-order valence-corrected chi connectivity index (χ1v) is 8.13. The maximum Gasteiger partial charge on any atom is 0.337 e. The molecule has 0 aliphatic carbocycles. The highest BCUT2D eigenvalue weighted by atomic mass is 16.5. The Morgan fingerprint density at radius 2 is 1.42 bits per heavy atom. The van der Waals surface area contributed by atoms with Crippen molar-refractivity contribution < 1.29 is 14.3 Å². The molecule has 0 bridgehead atoms. The second kappa shape index (κ2) is 9.04. The normalized spacial score (nSPS) is 10.5. The minimum absolute atomic E-state index is 0.204. The van der Waals surface area contributed by atoms with E-state index in [4.69, 9.17) is 9.47 Å². The van der Waals surface area contributed by atoms with Crippen LogP contribution >= 0.6 is 0 Å². The Balaban J connectivity index is 2.54. The summed E-state index contributed by atoms with van der Waals surface area (Å²) in [5, 5.41) is 0. The smallest absolute Gasteiger partial charge is 0.337 e. The molecule has 2 aromatic carbocycles. The number of hydrogen-bond acceptors (Lipinski definition) is 3. The molecule has 0 aliphatic heterocycles. The van der Waals surface area contributed by atoms with E-state index < -0.39 is 0 Å². The van der Waals surface area contributed by atoms with Gasteiger partial charge in [-0.05, 0) is 17.0 Å². The second-order valence-electron chi connectivity index (χ2n) is 6.01. The molecule has 0 unspecified atom stereocenters. The van der Waals surface area contributed by atoms with Gasteiger partial charge in [-0.3, -0.25) is 0 Å². The molecule has 0 radical (unpaired) electrons. The standard InChI is InChI=1S/C21H24O3/c1-16(2)14-24-21(22)19(15-23-3)20(17-10-6-4-7-11-17)18-12-8-5-9-13-18/h4-13,16H,14-15H2,1-3H3. The van der Waals surface area contributed by atoms with Gasteiger partial charge in [0.1, 0.15) is 0 Å². The van der Waals surface area contributed by atoms with Crippen LogP contribution in [0.15, 0.2) is 66.2 Å². The lowest BCUT2D eigenvalue weighted by molar-refractivity contribution is -0.140. The Kier molecular flexibility index (Phi) is 6.76. The predicted octanol–water partition coefficient (Wildman–Crippen LogP) is 4.33. The fraction of sp³-hybridized carbons (Fsp3) is 0.286. The Morgan fingerprint density at radius 3 is 1.83 bits per heavy atom. The minimum atomic E-state index is -0.326. The predicted molar refractivity (Wildman–Crippen MR) is 96.6 cm³/mol. The molecule has 3 nitrogen and oxygen atoms in total. The lowest BCUT2D eigenvalue weighted by atomic mass is 9.93. The van der Waals surface area contributed by atoms with Crippen LogP contribution in [0, 0.1) is 5.92 Å². The lowest BCUT2D eigenvalue weighted by Crippen LogP contribution is -2.17. The first-order valence-electron chi connectivity index (χ1n) is 8.13. The number of benzene rings is 2. The van der Waals surface area contributed by atoms with E-state index in [1.54, 1.807) is 7.11 Å². The van der Waals surface area contributed by atoms with Gasteiger partial charge in [0.05, 0.1) is 18.8 Å². The van der Waals surface area contributed by atoms with Gasteiger partial charge in [-0.2, -0.15) is 0 Å². The lowest BCUT2D eigenvalue weighted by Gasteiger charge is -2.16. The quantitative estimate of drug-likeness (QED) is 0.561. The van der Waals surface area contributed by atoms with Crippen LogP contribution in [0.4, 0.5) is 0 Å². The minimum Gasteiger partial charge on any atom is -0.462 e. The van der Waals surface area contributed by atoms with Gasteiger partial charge in [-0.15, -0.1) is 0 Å². The summed E-state index contributed by atoms with van der Waals surface area (Å²) in [6.45, 7) is 4.63. The van der Waals surface area contributed by atoms with Crippen molar-refractivity contribution >= 4 is 11.5 Å². The number of methoxy groups -OCH3 is 1. The largest absolute Gasteiger partial charge is 0.462 e. The van der Waals surface area contributed by atoms with Gasteiger partial charge in [0.25, 0.3) is 0 Å². The van der Waals surface area contributed by atoms with Gasteiger partial charge < -0.3 is 9.47 Å². The van der Waals surface area contributed by atoms with Gasteiger partial charge in [0, 0.05) is 12.7 Å². The summed E-state index contributed by atoms with van der Waals surface area (Å²) in [6, 6.07) is 19.7. The summed E-state index contributed by atoms with van der Waals surface area (Å²) in [6.07, 6.45) is 0.